The van der Waals surface area contributed by atoms with Gasteiger partial charge in [-0.1, -0.05) is 12.1 Å². The second-order valence-electron chi connectivity index (χ2n) is 7.11. The minimum absolute atomic E-state index is 0.00298. The van der Waals surface area contributed by atoms with E-state index in [1.165, 1.54) is 19.1 Å². The van der Waals surface area contributed by atoms with Crippen LogP contribution in [0.15, 0.2) is 24.3 Å². The predicted molar refractivity (Wildman–Crippen MR) is 93.7 cm³/mol. The molecule has 0 amide bonds. The molecule has 2 aliphatic heterocycles. The number of hydrogen-bond acceptors (Lipinski definition) is 11. The Morgan fingerprint density at radius 1 is 0.793 bits per heavy atom. The van der Waals surface area contributed by atoms with Crippen LogP contribution in [-0.2, 0) is 14.2 Å². The monoisotopic (exact) mass is 418 g/mol. The molecule has 11 heteroatoms. The maximum Gasteiger partial charge on any atom is 0.229 e. The van der Waals surface area contributed by atoms with Crippen molar-refractivity contribution in [2.75, 3.05) is 6.61 Å². The van der Waals surface area contributed by atoms with Crippen LogP contribution in [0.3, 0.4) is 0 Å². The lowest BCUT2D eigenvalue weighted by atomic mass is 9.98. The quantitative estimate of drug-likeness (QED) is 0.267. The van der Waals surface area contributed by atoms with E-state index in [9.17, 15) is 35.7 Å². The molecule has 2 saturated heterocycles. The van der Waals surface area contributed by atoms with E-state index in [0.29, 0.717) is 0 Å². The lowest BCUT2D eigenvalue weighted by molar-refractivity contribution is -0.318. The zero-order chi connectivity index (χ0) is 21.3. The topological polar surface area (TPSA) is 179 Å². The van der Waals surface area contributed by atoms with E-state index in [1.54, 1.807) is 12.1 Å². The van der Waals surface area contributed by atoms with Crippen molar-refractivity contribution in [3.05, 3.63) is 24.3 Å². The first kappa shape index (κ1) is 22.2. The Morgan fingerprint density at radius 2 is 1.41 bits per heavy atom. The Kier molecular flexibility index (Phi) is 6.94. The summed E-state index contributed by atoms with van der Waals surface area (Å²) in [6.45, 7) is 1.08. The Bertz CT molecular complexity index is 673. The fourth-order valence-corrected chi connectivity index (χ4v) is 3.17. The molecule has 2 fully saturated rings. The fourth-order valence-electron chi connectivity index (χ4n) is 3.17. The van der Waals surface area contributed by atoms with Crippen LogP contribution in [0.25, 0.3) is 0 Å². The summed E-state index contributed by atoms with van der Waals surface area (Å²) in [5.74, 6) is -0.214. The van der Waals surface area contributed by atoms with E-state index in [4.69, 9.17) is 18.9 Å². The van der Waals surface area contributed by atoms with Crippen molar-refractivity contribution < 1.29 is 54.7 Å². The van der Waals surface area contributed by atoms with E-state index < -0.39 is 68.0 Å². The van der Waals surface area contributed by atoms with Gasteiger partial charge in [-0.2, -0.15) is 0 Å². The molecule has 164 valence electrons. The Hall–Kier alpha value is -1.54. The van der Waals surface area contributed by atoms with Crippen LogP contribution in [0, 0.1) is 0 Å². The minimum Gasteiger partial charge on any atom is -0.504 e. The van der Waals surface area contributed by atoms with Gasteiger partial charge >= 0.3 is 0 Å². The molecule has 2 aliphatic rings. The number of hydrogen-bond donors (Lipinski definition) is 7. The highest BCUT2D eigenvalue weighted by molar-refractivity contribution is 5.38. The third-order valence-electron chi connectivity index (χ3n) is 5.01. The van der Waals surface area contributed by atoms with Gasteiger partial charge in [-0.05, 0) is 19.1 Å². The van der Waals surface area contributed by atoms with E-state index in [0.717, 1.165) is 0 Å². The SMILES string of the molecule is C[C@@H]1O[C@@H](OC[C@H]2O[C@@H](Oc3ccccc3O)[C@H](O)[C@@H](O)[C@H]2O)[C@H](O)[C@H](O)[C@H]1O. The second kappa shape index (κ2) is 9.08. The highest BCUT2D eigenvalue weighted by Gasteiger charge is 2.47. The Balaban J connectivity index is 1.64. The molecule has 10 atom stereocenters. The average Bonchev–Trinajstić information content (AvgIpc) is 2.70. The first-order chi connectivity index (χ1) is 13.7. The first-order valence-corrected chi connectivity index (χ1v) is 9.16. The van der Waals surface area contributed by atoms with Crippen LogP contribution in [0.4, 0.5) is 0 Å². The number of aliphatic hydroxyl groups excluding tert-OH is 6. The van der Waals surface area contributed by atoms with Crippen LogP contribution >= 0.6 is 0 Å². The molecule has 1 aromatic carbocycles. The molecule has 0 bridgehead atoms. The number of rotatable bonds is 5. The number of benzene rings is 1. The summed E-state index contributed by atoms with van der Waals surface area (Å²) in [4.78, 5) is 0. The van der Waals surface area contributed by atoms with E-state index in [-0.39, 0.29) is 11.5 Å². The molecule has 0 spiro atoms. The van der Waals surface area contributed by atoms with Crippen molar-refractivity contribution in [2.24, 2.45) is 0 Å². The smallest absolute Gasteiger partial charge is 0.229 e. The van der Waals surface area contributed by atoms with Gasteiger partial charge in [-0.25, -0.2) is 0 Å². The summed E-state index contributed by atoms with van der Waals surface area (Å²) >= 11 is 0. The summed E-state index contributed by atoms with van der Waals surface area (Å²) in [5, 5.41) is 69.7. The van der Waals surface area contributed by atoms with Crippen molar-refractivity contribution in [1.82, 2.24) is 0 Å². The van der Waals surface area contributed by atoms with Crippen molar-refractivity contribution in [2.45, 2.75) is 68.3 Å². The first-order valence-electron chi connectivity index (χ1n) is 9.16. The summed E-state index contributed by atoms with van der Waals surface area (Å²) in [7, 11) is 0. The van der Waals surface area contributed by atoms with Gasteiger partial charge < -0.3 is 54.7 Å². The number of phenols is 1. The zero-order valence-electron chi connectivity index (χ0n) is 15.6. The normalized spacial score (nSPS) is 43.1. The number of aromatic hydroxyl groups is 1. The third kappa shape index (κ3) is 4.63. The van der Waals surface area contributed by atoms with Gasteiger partial charge in [0.15, 0.2) is 17.8 Å². The summed E-state index contributed by atoms with van der Waals surface area (Å²) in [6, 6.07) is 5.93. The van der Waals surface area contributed by atoms with E-state index in [1.807, 2.05) is 0 Å². The average molecular weight is 418 g/mol. The number of phenolic OH excluding ortho intramolecular Hbond substituents is 1. The molecule has 3 rings (SSSR count). The maximum absolute atomic E-state index is 10.2. The number of ether oxygens (including phenoxy) is 4. The largest absolute Gasteiger partial charge is 0.504 e. The molecule has 11 nitrogen and oxygen atoms in total. The molecule has 29 heavy (non-hydrogen) atoms. The fraction of sp³-hybridized carbons (Fsp3) is 0.667. The van der Waals surface area contributed by atoms with Crippen molar-refractivity contribution >= 4 is 0 Å². The molecule has 0 aliphatic carbocycles. The maximum atomic E-state index is 10.2. The Morgan fingerprint density at radius 3 is 2.10 bits per heavy atom. The van der Waals surface area contributed by atoms with E-state index >= 15 is 0 Å². The Labute approximate surface area is 166 Å². The van der Waals surface area contributed by atoms with E-state index in [2.05, 4.69) is 0 Å². The summed E-state index contributed by atoms with van der Waals surface area (Å²) < 4.78 is 21.6. The van der Waals surface area contributed by atoms with Crippen LogP contribution in [0.5, 0.6) is 11.5 Å². The molecule has 0 radical (unpaired) electrons. The molecular formula is C18H26O11. The van der Waals surface area contributed by atoms with Gasteiger partial charge in [0.2, 0.25) is 6.29 Å². The summed E-state index contributed by atoms with van der Waals surface area (Å²) in [6.07, 6.45) is -13.9. The lowest BCUT2D eigenvalue weighted by Gasteiger charge is -2.42. The number of para-hydroxylation sites is 2. The molecule has 0 saturated carbocycles. The molecular weight excluding hydrogens is 392 g/mol. The van der Waals surface area contributed by atoms with Crippen LogP contribution in [0.2, 0.25) is 0 Å². The molecule has 0 unspecified atom stereocenters. The molecule has 7 N–H and O–H groups in total. The third-order valence-corrected chi connectivity index (χ3v) is 5.01. The second-order valence-corrected chi connectivity index (χ2v) is 7.11. The van der Waals surface area contributed by atoms with Gasteiger partial charge in [0.05, 0.1) is 12.7 Å². The van der Waals surface area contributed by atoms with Gasteiger partial charge in [0, 0.05) is 0 Å². The molecule has 0 aromatic heterocycles. The van der Waals surface area contributed by atoms with Gasteiger partial charge in [0.1, 0.15) is 42.7 Å². The van der Waals surface area contributed by atoms with Crippen LogP contribution < -0.4 is 4.74 Å². The number of aliphatic hydroxyl groups is 6. The highest BCUT2D eigenvalue weighted by atomic mass is 16.7. The highest BCUT2D eigenvalue weighted by Crippen LogP contribution is 2.30. The van der Waals surface area contributed by atoms with Gasteiger partial charge in [-0.3, -0.25) is 0 Å². The van der Waals surface area contributed by atoms with Crippen molar-refractivity contribution in [3.8, 4) is 11.5 Å². The van der Waals surface area contributed by atoms with Crippen molar-refractivity contribution in [1.29, 1.82) is 0 Å². The predicted octanol–water partition coefficient (Wildman–Crippen LogP) is -2.58. The lowest BCUT2D eigenvalue weighted by Crippen LogP contribution is -2.61. The van der Waals surface area contributed by atoms with Gasteiger partial charge in [0.25, 0.3) is 0 Å². The zero-order valence-corrected chi connectivity index (χ0v) is 15.6. The van der Waals surface area contributed by atoms with Crippen LogP contribution in [-0.4, -0.2) is 104 Å². The molecule has 1 aromatic rings. The van der Waals surface area contributed by atoms with Crippen molar-refractivity contribution in [3.63, 3.8) is 0 Å². The molecule has 2 heterocycles. The minimum atomic E-state index is -1.64. The van der Waals surface area contributed by atoms with Gasteiger partial charge in [-0.15, -0.1) is 0 Å². The standard InChI is InChI=1S/C18H26O11/c1-7-11(20)13(22)15(24)17(27-7)26-6-10-12(21)14(23)16(25)18(29-10)28-9-5-3-2-4-8(9)19/h2-5,7,10-25H,6H2,1H3/t7-,10+,11-,12-,13+,14-,15+,16+,17+,18+/m0/s1. The van der Waals surface area contributed by atoms with Crippen LogP contribution in [0.1, 0.15) is 6.92 Å². The summed E-state index contributed by atoms with van der Waals surface area (Å²) in [5.41, 5.74) is 0.